The second-order valence-corrected chi connectivity index (χ2v) is 2.82. The normalized spacial score (nSPS) is 10.0. The molecular formula is C7H10N4O4. The van der Waals surface area contributed by atoms with Crippen LogP contribution in [0, 0.1) is 17.0 Å². The van der Waals surface area contributed by atoms with Gasteiger partial charge >= 0.3 is 0 Å². The highest BCUT2D eigenvalue weighted by Gasteiger charge is 2.09. The summed E-state index contributed by atoms with van der Waals surface area (Å²) in [7, 11) is 0. The molecule has 0 unspecified atom stereocenters. The first-order chi connectivity index (χ1) is 7.04. The van der Waals surface area contributed by atoms with Gasteiger partial charge in [0, 0.05) is 18.6 Å². The Morgan fingerprint density at radius 1 is 1.67 bits per heavy atom. The van der Waals surface area contributed by atoms with Crippen LogP contribution in [-0.4, -0.2) is 26.7 Å². The first kappa shape index (κ1) is 11.1. The van der Waals surface area contributed by atoms with E-state index in [1.165, 1.54) is 0 Å². The van der Waals surface area contributed by atoms with Crippen LogP contribution in [0.2, 0.25) is 0 Å². The van der Waals surface area contributed by atoms with Crippen molar-refractivity contribution in [3.63, 3.8) is 0 Å². The lowest BCUT2D eigenvalue weighted by Gasteiger charge is -2.03. The van der Waals surface area contributed by atoms with Crippen LogP contribution in [0.5, 0.6) is 0 Å². The van der Waals surface area contributed by atoms with E-state index < -0.39 is 10.6 Å². The molecule has 82 valence electrons. The third-order valence-corrected chi connectivity index (χ3v) is 1.78. The summed E-state index contributed by atoms with van der Waals surface area (Å²) in [5.74, 6) is -0.218. The van der Waals surface area contributed by atoms with Gasteiger partial charge < -0.3 is 5.11 Å². The molecule has 0 fully saturated rings. The summed E-state index contributed by atoms with van der Waals surface area (Å²) in [5.41, 5.74) is 1.95. The fraction of sp³-hybridized carbons (Fsp3) is 0.429. The summed E-state index contributed by atoms with van der Waals surface area (Å²) >= 11 is 0. The average Bonchev–Trinajstić information content (AvgIpc) is 2.10. The van der Waals surface area contributed by atoms with Crippen LogP contribution in [0.25, 0.3) is 0 Å². The van der Waals surface area contributed by atoms with Gasteiger partial charge in [-0.2, -0.15) is 0 Å². The second kappa shape index (κ2) is 4.51. The van der Waals surface area contributed by atoms with Crippen LogP contribution in [0.1, 0.15) is 11.3 Å². The highest BCUT2D eigenvalue weighted by molar-refractivity contribution is 5.26. The molecule has 1 aromatic heterocycles. The Bertz CT molecular complexity index is 427. The molecule has 3 N–H and O–H groups in total. The molecule has 0 radical (unpaired) electrons. The molecule has 8 heteroatoms. The van der Waals surface area contributed by atoms with Crippen LogP contribution in [-0.2, 0) is 6.42 Å². The summed E-state index contributed by atoms with van der Waals surface area (Å²) in [6.07, 6.45) is 0.174. The molecular weight excluding hydrogens is 204 g/mol. The maximum atomic E-state index is 11.4. The Morgan fingerprint density at radius 3 is 2.80 bits per heavy atom. The smallest absolute Gasteiger partial charge is 0.265 e. The first-order valence-corrected chi connectivity index (χ1v) is 4.16. The highest BCUT2D eigenvalue weighted by atomic mass is 16.7. The number of hydrogen-bond donors (Lipinski definition) is 3. The molecule has 8 nitrogen and oxygen atoms in total. The summed E-state index contributed by atoms with van der Waals surface area (Å²) in [4.78, 5) is 27.4. The Labute approximate surface area is 84.1 Å². The molecule has 0 aliphatic rings. The number of rotatable bonds is 4. The fourth-order valence-corrected chi connectivity index (χ4v) is 1.16. The molecule has 1 heterocycles. The topological polar surface area (TPSA) is 121 Å². The van der Waals surface area contributed by atoms with Gasteiger partial charge in [0.05, 0.1) is 5.69 Å². The number of anilines is 1. The Balaban J connectivity index is 3.08. The van der Waals surface area contributed by atoms with Gasteiger partial charge in [-0.15, -0.1) is 0 Å². The standard InChI is InChI=1S/C7H10N4O4/c1-4-5(2-3-12)6(13)9-7(8-4)10-11(14)15/h12H,2-3H2,1H3,(H2,8,9,10,13). The SMILES string of the molecule is Cc1nc(N[N+](=O)[O-])[nH]c(=O)c1CCO. The summed E-state index contributed by atoms with van der Waals surface area (Å²) < 4.78 is 0. The minimum atomic E-state index is -0.816. The molecule has 0 spiro atoms. The molecule has 0 saturated carbocycles. The Morgan fingerprint density at radius 2 is 2.33 bits per heavy atom. The van der Waals surface area contributed by atoms with Crippen molar-refractivity contribution in [2.24, 2.45) is 0 Å². The van der Waals surface area contributed by atoms with E-state index in [1.807, 2.05) is 0 Å². The van der Waals surface area contributed by atoms with Crippen molar-refractivity contribution in [1.82, 2.24) is 9.97 Å². The van der Waals surface area contributed by atoms with Crippen LogP contribution >= 0.6 is 0 Å². The highest BCUT2D eigenvalue weighted by Crippen LogP contribution is 2.02. The molecule has 0 bridgehead atoms. The number of aliphatic hydroxyl groups is 1. The van der Waals surface area contributed by atoms with Gasteiger partial charge in [-0.25, -0.2) is 15.1 Å². The fourth-order valence-electron chi connectivity index (χ4n) is 1.16. The lowest BCUT2D eigenvalue weighted by Crippen LogP contribution is -2.22. The Hall–Kier alpha value is -1.96. The summed E-state index contributed by atoms with van der Waals surface area (Å²) in [5, 5.41) is 18.0. The van der Waals surface area contributed by atoms with E-state index in [4.69, 9.17) is 5.11 Å². The van der Waals surface area contributed by atoms with E-state index in [2.05, 4.69) is 9.97 Å². The van der Waals surface area contributed by atoms with Gasteiger partial charge in [-0.1, -0.05) is 5.43 Å². The van der Waals surface area contributed by atoms with Gasteiger partial charge in [0.1, 0.15) is 0 Å². The molecule has 0 aromatic carbocycles. The summed E-state index contributed by atoms with van der Waals surface area (Å²) in [6, 6.07) is 0. The molecule has 0 atom stereocenters. The number of hydrogen-bond acceptors (Lipinski definition) is 5. The largest absolute Gasteiger partial charge is 0.396 e. The van der Waals surface area contributed by atoms with Gasteiger partial charge in [0.2, 0.25) is 0 Å². The first-order valence-electron chi connectivity index (χ1n) is 4.16. The van der Waals surface area contributed by atoms with E-state index in [0.29, 0.717) is 11.3 Å². The minimum absolute atomic E-state index is 0.173. The molecule has 15 heavy (non-hydrogen) atoms. The van der Waals surface area contributed by atoms with Crippen molar-refractivity contribution < 1.29 is 10.1 Å². The maximum Gasteiger partial charge on any atom is 0.265 e. The van der Waals surface area contributed by atoms with Gasteiger partial charge in [-0.05, 0) is 6.92 Å². The predicted molar refractivity (Wildman–Crippen MR) is 51.0 cm³/mol. The van der Waals surface area contributed by atoms with Crippen LogP contribution in [0.3, 0.4) is 0 Å². The number of aromatic amines is 1. The van der Waals surface area contributed by atoms with Gasteiger partial charge in [0.25, 0.3) is 11.5 Å². The average molecular weight is 214 g/mol. The number of nitrogens with one attached hydrogen (secondary N) is 2. The Kier molecular flexibility index (Phi) is 3.34. The van der Waals surface area contributed by atoms with Crippen LogP contribution < -0.4 is 11.0 Å². The van der Waals surface area contributed by atoms with E-state index in [-0.39, 0.29) is 19.0 Å². The van der Waals surface area contributed by atoms with Gasteiger partial charge in [-0.3, -0.25) is 9.78 Å². The third-order valence-electron chi connectivity index (χ3n) is 1.78. The maximum absolute atomic E-state index is 11.4. The zero-order valence-electron chi connectivity index (χ0n) is 7.98. The van der Waals surface area contributed by atoms with Gasteiger partial charge in [0.15, 0.2) is 5.03 Å². The number of nitro groups is 1. The van der Waals surface area contributed by atoms with E-state index in [1.54, 1.807) is 12.3 Å². The van der Waals surface area contributed by atoms with Crippen molar-refractivity contribution in [3.8, 4) is 0 Å². The summed E-state index contributed by atoms with van der Waals surface area (Å²) in [6.45, 7) is 1.37. The van der Waals surface area contributed by atoms with Crippen molar-refractivity contribution in [2.75, 3.05) is 12.0 Å². The number of nitrogens with zero attached hydrogens (tertiary/aromatic N) is 2. The molecule has 0 amide bonds. The molecule has 1 rings (SSSR count). The van der Waals surface area contributed by atoms with Crippen molar-refractivity contribution in [1.29, 1.82) is 0 Å². The minimum Gasteiger partial charge on any atom is -0.396 e. The van der Waals surface area contributed by atoms with E-state index in [0.717, 1.165) is 0 Å². The molecule has 0 aliphatic carbocycles. The van der Waals surface area contributed by atoms with Crippen LogP contribution in [0.15, 0.2) is 4.79 Å². The lowest BCUT2D eigenvalue weighted by molar-refractivity contribution is -0.446. The second-order valence-electron chi connectivity index (χ2n) is 2.82. The number of hydrazine groups is 1. The molecule has 1 aromatic rings. The number of aryl methyl sites for hydroxylation is 1. The zero-order chi connectivity index (χ0) is 11.4. The van der Waals surface area contributed by atoms with E-state index in [9.17, 15) is 14.9 Å². The quantitative estimate of drug-likeness (QED) is 0.446. The molecule has 0 aliphatic heterocycles. The van der Waals surface area contributed by atoms with Crippen molar-refractivity contribution in [2.45, 2.75) is 13.3 Å². The lowest BCUT2D eigenvalue weighted by atomic mass is 10.2. The van der Waals surface area contributed by atoms with Crippen molar-refractivity contribution >= 4 is 5.95 Å². The zero-order valence-corrected chi connectivity index (χ0v) is 7.98. The number of aromatic nitrogens is 2. The molecule has 0 saturated heterocycles. The number of aliphatic hydroxyl groups excluding tert-OH is 1. The van der Waals surface area contributed by atoms with Crippen LogP contribution in [0.4, 0.5) is 5.95 Å². The predicted octanol–water partition coefficient (Wildman–Crippen LogP) is -0.783. The van der Waals surface area contributed by atoms with E-state index >= 15 is 0 Å². The monoisotopic (exact) mass is 214 g/mol. The third kappa shape index (κ3) is 2.74. The van der Waals surface area contributed by atoms with Crippen molar-refractivity contribution in [3.05, 3.63) is 31.7 Å². The number of H-pyrrole nitrogens is 1.